The molecule has 0 fully saturated rings. The minimum Gasteiger partial charge on any atom is -0.481 e. The lowest BCUT2D eigenvalue weighted by atomic mass is 9.94. The summed E-state index contributed by atoms with van der Waals surface area (Å²) in [5.74, 6) is -1.89. The van der Waals surface area contributed by atoms with Crippen molar-refractivity contribution in [3.05, 3.63) is 47.5 Å². The Labute approximate surface area is 132 Å². The van der Waals surface area contributed by atoms with E-state index in [0.29, 0.717) is 5.69 Å². The van der Waals surface area contributed by atoms with E-state index in [0.717, 1.165) is 0 Å². The van der Waals surface area contributed by atoms with Gasteiger partial charge in [0.25, 0.3) is 5.91 Å². The largest absolute Gasteiger partial charge is 0.481 e. The molecule has 2 N–H and O–H groups in total. The highest BCUT2D eigenvalue weighted by Crippen LogP contribution is 2.18. The van der Waals surface area contributed by atoms with Crippen LogP contribution in [0.5, 0.6) is 0 Å². The Bertz CT molecular complexity index is 753. The van der Waals surface area contributed by atoms with Gasteiger partial charge in [-0.3, -0.25) is 9.59 Å². The zero-order valence-electron chi connectivity index (χ0n) is 13.1. The number of rotatable bonds is 5. The van der Waals surface area contributed by atoms with Gasteiger partial charge in [-0.05, 0) is 32.9 Å². The SMILES string of the molecule is Cc1c(C(=O)NCC(C)(C)C(=O)O)cnn1-c1ccccc1F. The van der Waals surface area contributed by atoms with Crippen LogP contribution in [0.2, 0.25) is 0 Å². The van der Waals surface area contributed by atoms with Gasteiger partial charge in [0.05, 0.1) is 22.9 Å². The van der Waals surface area contributed by atoms with Gasteiger partial charge in [-0.25, -0.2) is 9.07 Å². The first-order chi connectivity index (χ1) is 10.7. The van der Waals surface area contributed by atoms with Crippen molar-refractivity contribution >= 4 is 11.9 Å². The molecule has 0 bridgehead atoms. The summed E-state index contributed by atoms with van der Waals surface area (Å²) >= 11 is 0. The zero-order chi connectivity index (χ0) is 17.2. The number of halogens is 1. The van der Waals surface area contributed by atoms with Crippen LogP contribution in [0.25, 0.3) is 5.69 Å². The molecule has 1 aromatic carbocycles. The molecule has 0 aliphatic heterocycles. The molecule has 0 spiro atoms. The second-order valence-corrected chi connectivity index (χ2v) is 5.88. The molecular formula is C16H18FN3O3. The van der Waals surface area contributed by atoms with Gasteiger partial charge in [0, 0.05) is 6.54 Å². The molecule has 1 aromatic heterocycles. The van der Waals surface area contributed by atoms with E-state index in [-0.39, 0.29) is 17.8 Å². The van der Waals surface area contributed by atoms with Gasteiger partial charge < -0.3 is 10.4 Å². The van der Waals surface area contributed by atoms with E-state index in [1.165, 1.54) is 30.8 Å². The Hall–Kier alpha value is -2.70. The highest BCUT2D eigenvalue weighted by molar-refractivity contribution is 5.95. The van der Waals surface area contributed by atoms with Crippen LogP contribution in [0.1, 0.15) is 29.9 Å². The van der Waals surface area contributed by atoms with Gasteiger partial charge in [-0.15, -0.1) is 0 Å². The molecule has 23 heavy (non-hydrogen) atoms. The standard InChI is InChI=1S/C16H18FN3O3/c1-10-11(14(21)18-9-16(2,3)15(22)23)8-19-20(10)13-7-5-4-6-12(13)17/h4-8H,9H2,1-3H3,(H,18,21)(H,22,23). The van der Waals surface area contributed by atoms with Gasteiger partial charge in [0.1, 0.15) is 11.5 Å². The summed E-state index contributed by atoms with van der Waals surface area (Å²) < 4.78 is 15.2. The zero-order valence-corrected chi connectivity index (χ0v) is 13.1. The van der Waals surface area contributed by atoms with Crippen molar-refractivity contribution in [2.24, 2.45) is 5.41 Å². The van der Waals surface area contributed by atoms with E-state index in [2.05, 4.69) is 10.4 Å². The molecule has 1 heterocycles. The summed E-state index contributed by atoms with van der Waals surface area (Å²) in [6.07, 6.45) is 1.34. The van der Waals surface area contributed by atoms with Crippen LogP contribution < -0.4 is 5.32 Å². The number of amides is 1. The summed E-state index contributed by atoms with van der Waals surface area (Å²) in [6.45, 7) is 4.67. The normalized spacial score (nSPS) is 11.3. The number of benzene rings is 1. The fourth-order valence-electron chi connectivity index (χ4n) is 1.97. The Morgan fingerprint density at radius 3 is 2.61 bits per heavy atom. The first kappa shape index (κ1) is 16.7. The van der Waals surface area contributed by atoms with E-state index >= 15 is 0 Å². The predicted octanol–water partition coefficient (Wildman–Crippen LogP) is 2.16. The monoisotopic (exact) mass is 319 g/mol. The fraction of sp³-hybridized carbons (Fsp3) is 0.312. The fourth-order valence-corrected chi connectivity index (χ4v) is 1.97. The third-order valence-electron chi connectivity index (χ3n) is 3.60. The van der Waals surface area contributed by atoms with E-state index in [1.54, 1.807) is 25.1 Å². The first-order valence-electron chi connectivity index (χ1n) is 7.05. The Balaban J connectivity index is 2.21. The van der Waals surface area contributed by atoms with Crippen LogP contribution in [0, 0.1) is 18.2 Å². The molecule has 7 heteroatoms. The minimum absolute atomic E-state index is 0.0223. The van der Waals surface area contributed by atoms with Gasteiger partial charge in [0.2, 0.25) is 0 Å². The van der Waals surface area contributed by atoms with Crippen LogP contribution in [-0.4, -0.2) is 33.3 Å². The van der Waals surface area contributed by atoms with Crippen LogP contribution in [0.15, 0.2) is 30.5 Å². The lowest BCUT2D eigenvalue weighted by molar-refractivity contribution is -0.146. The molecule has 0 saturated carbocycles. The topological polar surface area (TPSA) is 84.2 Å². The maximum atomic E-state index is 13.8. The molecule has 2 rings (SSSR count). The number of aromatic nitrogens is 2. The number of nitrogens with zero attached hydrogens (tertiary/aromatic N) is 2. The smallest absolute Gasteiger partial charge is 0.310 e. The van der Waals surface area contributed by atoms with Gasteiger partial charge >= 0.3 is 5.97 Å². The van der Waals surface area contributed by atoms with E-state index in [4.69, 9.17) is 5.11 Å². The van der Waals surface area contributed by atoms with Crippen LogP contribution in [0.3, 0.4) is 0 Å². The van der Waals surface area contributed by atoms with E-state index < -0.39 is 23.1 Å². The van der Waals surface area contributed by atoms with Crippen molar-refractivity contribution in [3.8, 4) is 5.69 Å². The van der Waals surface area contributed by atoms with Gasteiger partial charge in [0.15, 0.2) is 0 Å². The van der Waals surface area contributed by atoms with Gasteiger partial charge in [-0.1, -0.05) is 12.1 Å². The lowest BCUT2D eigenvalue weighted by Crippen LogP contribution is -2.39. The number of carbonyl (C=O) groups excluding carboxylic acids is 1. The summed E-state index contributed by atoms with van der Waals surface area (Å²) in [4.78, 5) is 23.3. The first-order valence-corrected chi connectivity index (χ1v) is 7.05. The highest BCUT2D eigenvalue weighted by Gasteiger charge is 2.28. The number of aliphatic carboxylic acids is 1. The van der Waals surface area contributed by atoms with Crippen molar-refractivity contribution in [3.63, 3.8) is 0 Å². The van der Waals surface area contributed by atoms with Crippen molar-refractivity contribution < 1.29 is 19.1 Å². The van der Waals surface area contributed by atoms with E-state index in [9.17, 15) is 14.0 Å². The van der Waals surface area contributed by atoms with E-state index in [1.807, 2.05) is 0 Å². The molecule has 0 aliphatic rings. The molecule has 0 aliphatic carbocycles. The Kier molecular flexibility index (Phi) is 4.49. The maximum Gasteiger partial charge on any atom is 0.310 e. The van der Waals surface area contributed by atoms with Crippen LogP contribution in [0.4, 0.5) is 4.39 Å². The number of carboxylic acids is 1. The summed E-state index contributed by atoms with van der Waals surface area (Å²) in [5, 5.41) is 15.7. The maximum absolute atomic E-state index is 13.8. The molecule has 0 radical (unpaired) electrons. The third-order valence-corrected chi connectivity index (χ3v) is 3.60. The summed E-state index contributed by atoms with van der Waals surface area (Å²) in [7, 11) is 0. The van der Waals surface area contributed by atoms with Crippen LogP contribution >= 0.6 is 0 Å². The quantitative estimate of drug-likeness (QED) is 0.884. The number of para-hydroxylation sites is 1. The highest BCUT2D eigenvalue weighted by atomic mass is 19.1. The predicted molar refractivity (Wildman–Crippen MR) is 82.0 cm³/mol. The van der Waals surface area contributed by atoms with Crippen molar-refractivity contribution in [1.29, 1.82) is 0 Å². The number of hydrogen-bond donors (Lipinski definition) is 2. The van der Waals surface area contributed by atoms with Crippen LogP contribution in [-0.2, 0) is 4.79 Å². The van der Waals surface area contributed by atoms with Gasteiger partial charge in [-0.2, -0.15) is 5.10 Å². The molecule has 1 amide bonds. The van der Waals surface area contributed by atoms with Crippen molar-refractivity contribution in [2.45, 2.75) is 20.8 Å². The Morgan fingerprint density at radius 2 is 2.00 bits per heavy atom. The molecule has 0 unspecified atom stereocenters. The lowest BCUT2D eigenvalue weighted by Gasteiger charge is -2.19. The molecular weight excluding hydrogens is 301 g/mol. The molecule has 2 aromatic rings. The van der Waals surface area contributed by atoms with Crippen molar-refractivity contribution in [1.82, 2.24) is 15.1 Å². The number of carboxylic acid groups (broad SMARTS) is 1. The second-order valence-electron chi connectivity index (χ2n) is 5.88. The molecule has 0 saturated heterocycles. The third kappa shape index (κ3) is 3.39. The average Bonchev–Trinajstić information content (AvgIpc) is 2.87. The summed E-state index contributed by atoms with van der Waals surface area (Å²) in [5.41, 5.74) is -0.0875. The minimum atomic E-state index is -1.08. The number of nitrogens with one attached hydrogen (secondary N) is 1. The van der Waals surface area contributed by atoms with Crippen molar-refractivity contribution in [2.75, 3.05) is 6.54 Å². The summed E-state index contributed by atoms with van der Waals surface area (Å²) in [6, 6.07) is 6.12. The number of hydrogen-bond acceptors (Lipinski definition) is 3. The molecule has 6 nitrogen and oxygen atoms in total. The number of carbonyl (C=O) groups is 2. The Morgan fingerprint density at radius 1 is 1.35 bits per heavy atom. The second kappa shape index (κ2) is 6.20. The molecule has 0 atom stereocenters. The molecule has 122 valence electrons. The average molecular weight is 319 g/mol.